The van der Waals surface area contributed by atoms with Crippen molar-refractivity contribution in [2.75, 3.05) is 25.3 Å². The van der Waals surface area contributed by atoms with Crippen LogP contribution in [0.2, 0.25) is 0 Å². The predicted molar refractivity (Wildman–Crippen MR) is 64.8 cm³/mol. The molecule has 1 unspecified atom stereocenters. The molecule has 0 saturated heterocycles. The van der Waals surface area contributed by atoms with Gasteiger partial charge in [0, 0.05) is 11.3 Å². The Morgan fingerprint density at radius 3 is 3.13 bits per heavy atom. The van der Waals surface area contributed by atoms with Gasteiger partial charge in [-0.15, -0.1) is 0 Å². The van der Waals surface area contributed by atoms with Crippen LogP contribution < -0.4 is 10.8 Å². The van der Waals surface area contributed by atoms with Crippen molar-refractivity contribution in [3.05, 3.63) is 10.6 Å². The molecule has 0 bridgehead atoms. The lowest BCUT2D eigenvalue weighted by atomic mass is 9.97. The third-order valence-corrected chi connectivity index (χ3v) is 6.28. The Labute approximate surface area is 93.9 Å². The minimum atomic E-state index is -0.000926. The smallest absolute Gasteiger partial charge is 0.0805 e. The molecule has 4 heteroatoms. The van der Waals surface area contributed by atoms with Gasteiger partial charge in [-0.1, -0.05) is 0 Å². The highest BCUT2D eigenvalue weighted by Crippen LogP contribution is 2.56. The van der Waals surface area contributed by atoms with E-state index in [0.717, 1.165) is 12.5 Å². The zero-order valence-corrected chi connectivity index (χ0v) is 10.2. The van der Waals surface area contributed by atoms with E-state index in [1.807, 2.05) is 7.05 Å². The summed E-state index contributed by atoms with van der Waals surface area (Å²) >= 11 is 0. The number of thiol groups is 1. The molecule has 3 aliphatic rings. The summed E-state index contributed by atoms with van der Waals surface area (Å²) in [5.41, 5.74) is 5.45. The molecule has 2 N–H and O–H groups in total. The minimum absolute atomic E-state index is 0.000926. The highest BCUT2D eigenvalue weighted by Gasteiger charge is 2.46. The van der Waals surface area contributed by atoms with E-state index in [4.69, 9.17) is 4.84 Å². The molecule has 1 atom stereocenters. The molecule has 1 fully saturated rings. The third kappa shape index (κ3) is 1.79. The van der Waals surface area contributed by atoms with E-state index in [-0.39, 0.29) is 10.9 Å². The van der Waals surface area contributed by atoms with Gasteiger partial charge in [0.1, 0.15) is 0 Å². The van der Waals surface area contributed by atoms with Crippen LogP contribution in [0.4, 0.5) is 0 Å². The fraction of sp³-hybridized carbons (Fsp3) is 0.818. The third-order valence-electron chi connectivity index (χ3n) is 3.78. The highest BCUT2D eigenvalue weighted by atomic mass is 32.2. The fourth-order valence-electron chi connectivity index (χ4n) is 2.64. The first kappa shape index (κ1) is 10.00. The van der Waals surface area contributed by atoms with E-state index in [1.165, 1.54) is 36.5 Å². The highest BCUT2D eigenvalue weighted by molar-refractivity contribution is 8.20. The van der Waals surface area contributed by atoms with Crippen LogP contribution >= 0.6 is 10.9 Å². The Morgan fingerprint density at radius 2 is 2.40 bits per heavy atom. The quantitative estimate of drug-likeness (QED) is 0.626. The van der Waals surface area contributed by atoms with Crippen LogP contribution in [0.25, 0.3) is 0 Å². The summed E-state index contributed by atoms with van der Waals surface area (Å²) in [6.45, 7) is 0.919. The summed E-state index contributed by atoms with van der Waals surface area (Å²) in [7, 11) is 2.04. The number of hydrogen-bond donors (Lipinski definition) is 3. The number of hydroxylamine groups is 1. The molecule has 1 aliphatic carbocycles. The lowest BCUT2D eigenvalue weighted by Crippen LogP contribution is -2.19. The average molecular weight is 228 g/mol. The molecule has 86 valence electrons. The second kappa shape index (κ2) is 3.68. The van der Waals surface area contributed by atoms with Gasteiger partial charge in [-0.3, -0.25) is 10.3 Å². The monoisotopic (exact) mass is 228 g/mol. The number of nitrogens with one attached hydrogen (secondary N) is 2. The van der Waals surface area contributed by atoms with Gasteiger partial charge in [0.25, 0.3) is 0 Å². The molecule has 0 aromatic rings. The maximum Gasteiger partial charge on any atom is 0.0805 e. The van der Waals surface area contributed by atoms with Gasteiger partial charge in [0.2, 0.25) is 0 Å². The van der Waals surface area contributed by atoms with E-state index in [2.05, 4.69) is 10.8 Å². The zero-order valence-electron chi connectivity index (χ0n) is 9.31. The van der Waals surface area contributed by atoms with Crippen molar-refractivity contribution in [3.8, 4) is 0 Å². The normalized spacial score (nSPS) is 34.9. The molecule has 0 aromatic carbocycles. The van der Waals surface area contributed by atoms with Crippen molar-refractivity contribution in [1.29, 1.82) is 0 Å². The second-order valence-electron chi connectivity index (χ2n) is 5.04. The Kier molecular flexibility index (Phi) is 2.45. The van der Waals surface area contributed by atoms with Gasteiger partial charge in [-0.05, 0) is 44.1 Å². The molecule has 1 spiro atoms. The molecule has 15 heavy (non-hydrogen) atoms. The maximum atomic E-state index is 5.64. The topological polar surface area (TPSA) is 33.3 Å². The van der Waals surface area contributed by atoms with E-state index in [9.17, 15) is 0 Å². The van der Waals surface area contributed by atoms with Gasteiger partial charge < -0.3 is 5.32 Å². The molecule has 3 nitrogen and oxygen atoms in total. The van der Waals surface area contributed by atoms with Gasteiger partial charge in [-0.25, -0.2) is 0 Å². The summed E-state index contributed by atoms with van der Waals surface area (Å²) in [5.74, 6) is 2.49. The van der Waals surface area contributed by atoms with Gasteiger partial charge in [0.05, 0.1) is 11.6 Å². The summed E-state index contributed by atoms with van der Waals surface area (Å²) in [5, 5.41) is 4.76. The summed E-state index contributed by atoms with van der Waals surface area (Å²) < 4.78 is 0. The molecule has 3 rings (SSSR count). The van der Waals surface area contributed by atoms with Gasteiger partial charge in [0.15, 0.2) is 0 Å². The Morgan fingerprint density at radius 1 is 1.53 bits per heavy atom. The first-order valence-corrected chi connectivity index (χ1v) is 7.54. The van der Waals surface area contributed by atoms with Gasteiger partial charge in [-0.2, -0.15) is 10.9 Å². The molecule has 2 aliphatic heterocycles. The predicted octanol–water partition coefficient (Wildman–Crippen LogP) is 1.48. The Hall–Kier alpha value is -0.190. The first-order chi connectivity index (χ1) is 7.33. The molecular formula is C11H20N2OS. The van der Waals surface area contributed by atoms with Crippen molar-refractivity contribution in [1.82, 2.24) is 10.8 Å². The molecule has 1 saturated carbocycles. The zero-order chi connectivity index (χ0) is 10.3. The summed E-state index contributed by atoms with van der Waals surface area (Å²) in [6.07, 6.45) is 5.35. The average Bonchev–Trinajstić information content (AvgIpc) is 2.94. The van der Waals surface area contributed by atoms with Crippen molar-refractivity contribution in [2.45, 2.75) is 25.7 Å². The van der Waals surface area contributed by atoms with Crippen molar-refractivity contribution >= 4 is 10.9 Å². The standard InChI is InChI=1S/C11H20N2OS/c1-12-8-15-5-2-9-6-11(3-4-11)7-14-13-10(9)15/h12-13,15H,2-8H2,1H3. The summed E-state index contributed by atoms with van der Waals surface area (Å²) in [4.78, 5) is 5.64. The largest absolute Gasteiger partial charge is 0.312 e. The lowest BCUT2D eigenvalue weighted by molar-refractivity contribution is 0.0404. The van der Waals surface area contributed by atoms with Crippen LogP contribution in [0, 0.1) is 5.41 Å². The molecular weight excluding hydrogens is 208 g/mol. The molecule has 0 aromatic heterocycles. The number of allylic oxidation sites excluding steroid dienone is 1. The van der Waals surface area contributed by atoms with Crippen LogP contribution in [0.15, 0.2) is 10.6 Å². The fourth-order valence-corrected chi connectivity index (χ4v) is 4.93. The van der Waals surface area contributed by atoms with Gasteiger partial charge >= 0.3 is 0 Å². The number of rotatable bonds is 2. The second-order valence-corrected chi connectivity index (χ2v) is 7.34. The van der Waals surface area contributed by atoms with Crippen LogP contribution in [0.1, 0.15) is 25.7 Å². The van der Waals surface area contributed by atoms with Crippen molar-refractivity contribution < 1.29 is 4.84 Å². The van der Waals surface area contributed by atoms with E-state index in [1.54, 1.807) is 5.57 Å². The van der Waals surface area contributed by atoms with E-state index in [0.29, 0.717) is 5.41 Å². The van der Waals surface area contributed by atoms with Crippen molar-refractivity contribution in [3.63, 3.8) is 0 Å². The SMILES string of the molecule is CNC[SH]1CCC2=C1NOCC1(CC1)C2. The Bertz CT molecular complexity index is 299. The van der Waals surface area contributed by atoms with Crippen LogP contribution in [-0.4, -0.2) is 25.3 Å². The molecule has 2 heterocycles. The Balaban J connectivity index is 1.77. The maximum absolute atomic E-state index is 5.64. The van der Waals surface area contributed by atoms with Crippen LogP contribution in [-0.2, 0) is 4.84 Å². The molecule has 0 amide bonds. The first-order valence-electron chi connectivity index (χ1n) is 5.82. The minimum Gasteiger partial charge on any atom is -0.312 e. The summed E-state index contributed by atoms with van der Waals surface area (Å²) in [6, 6.07) is 0. The van der Waals surface area contributed by atoms with Crippen LogP contribution in [0.5, 0.6) is 0 Å². The van der Waals surface area contributed by atoms with E-state index < -0.39 is 0 Å². The molecule has 0 radical (unpaired) electrons. The van der Waals surface area contributed by atoms with E-state index >= 15 is 0 Å². The lowest BCUT2D eigenvalue weighted by Gasteiger charge is -2.19. The van der Waals surface area contributed by atoms with Crippen LogP contribution in [0.3, 0.4) is 0 Å². The number of hydrogen-bond acceptors (Lipinski definition) is 3. The van der Waals surface area contributed by atoms with Crippen molar-refractivity contribution in [2.24, 2.45) is 5.41 Å².